The Labute approximate surface area is 135 Å². The lowest BCUT2D eigenvalue weighted by atomic mass is 10.2. The molecule has 0 radical (unpaired) electrons. The Kier molecular flexibility index (Phi) is 6.22. The van der Waals surface area contributed by atoms with Crippen molar-refractivity contribution < 1.29 is 13.5 Å². The van der Waals surface area contributed by atoms with Crippen molar-refractivity contribution >= 4 is 27.1 Å². The fourth-order valence-electron chi connectivity index (χ4n) is 2.43. The standard InChI is InChI=1S/C14H23N3O3S2/c15-14(17-7-3-1-2-4-8-17)16-10-12(18)11-22(19,20)13-6-5-9-21-13/h5-6,9,12,18H,1-4,7-8,10-11H2,(H2,15,16). The summed E-state index contributed by atoms with van der Waals surface area (Å²) in [5.41, 5.74) is 5.94. The molecule has 2 heterocycles. The molecule has 22 heavy (non-hydrogen) atoms. The molecule has 1 aliphatic heterocycles. The van der Waals surface area contributed by atoms with Gasteiger partial charge < -0.3 is 15.7 Å². The molecule has 0 saturated carbocycles. The van der Waals surface area contributed by atoms with Crippen LogP contribution in [0.2, 0.25) is 0 Å². The van der Waals surface area contributed by atoms with Gasteiger partial charge in [-0.25, -0.2) is 8.42 Å². The average Bonchev–Trinajstić information content (AvgIpc) is 2.88. The minimum absolute atomic E-state index is 0.00688. The number of aliphatic hydroxyl groups excluding tert-OH is 1. The lowest BCUT2D eigenvalue weighted by Gasteiger charge is -2.21. The molecule has 1 aliphatic rings. The van der Waals surface area contributed by atoms with E-state index in [0.717, 1.165) is 37.3 Å². The third-order valence-electron chi connectivity index (χ3n) is 3.61. The van der Waals surface area contributed by atoms with E-state index in [1.54, 1.807) is 17.5 Å². The van der Waals surface area contributed by atoms with Gasteiger partial charge in [-0.1, -0.05) is 18.9 Å². The first kappa shape index (κ1) is 17.2. The smallest absolute Gasteiger partial charge is 0.191 e. The number of thiophene rings is 1. The zero-order valence-corrected chi connectivity index (χ0v) is 14.2. The second-order valence-corrected chi connectivity index (χ2v) is 8.68. The molecule has 0 amide bonds. The molecule has 1 fully saturated rings. The highest BCUT2D eigenvalue weighted by Gasteiger charge is 2.21. The summed E-state index contributed by atoms with van der Waals surface area (Å²) >= 11 is 1.15. The van der Waals surface area contributed by atoms with E-state index in [1.807, 2.05) is 4.90 Å². The van der Waals surface area contributed by atoms with Crippen molar-refractivity contribution in [3.63, 3.8) is 0 Å². The van der Waals surface area contributed by atoms with Crippen molar-refractivity contribution in [1.82, 2.24) is 4.90 Å². The van der Waals surface area contributed by atoms with Gasteiger partial charge in [-0.05, 0) is 24.3 Å². The van der Waals surface area contributed by atoms with E-state index >= 15 is 0 Å². The second kappa shape index (κ2) is 7.94. The van der Waals surface area contributed by atoms with E-state index in [9.17, 15) is 13.5 Å². The summed E-state index contributed by atoms with van der Waals surface area (Å²) in [6.07, 6.45) is 3.53. The van der Waals surface area contributed by atoms with Crippen LogP contribution in [0.4, 0.5) is 0 Å². The van der Waals surface area contributed by atoms with Crippen molar-refractivity contribution in [2.45, 2.75) is 36.0 Å². The molecule has 1 atom stereocenters. The summed E-state index contributed by atoms with van der Waals surface area (Å²) in [6.45, 7) is 1.75. The highest BCUT2D eigenvalue weighted by atomic mass is 32.2. The first-order chi connectivity index (χ1) is 10.5. The highest BCUT2D eigenvalue weighted by Crippen LogP contribution is 2.18. The van der Waals surface area contributed by atoms with Crippen LogP contribution in [0.3, 0.4) is 0 Å². The van der Waals surface area contributed by atoms with E-state index in [1.165, 1.54) is 12.8 Å². The van der Waals surface area contributed by atoms with E-state index in [-0.39, 0.29) is 16.5 Å². The Bertz CT molecular complexity index is 576. The number of aliphatic hydroxyl groups is 1. The zero-order valence-electron chi connectivity index (χ0n) is 12.5. The van der Waals surface area contributed by atoms with Crippen molar-refractivity contribution in [1.29, 1.82) is 0 Å². The van der Waals surface area contributed by atoms with Gasteiger partial charge in [-0.3, -0.25) is 4.99 Å². The van der Waals surface area contributed by atoms with Crippen molar-refractivity contribution in [3.05, 3.63) is 17.5 Å². The summed E-state index contributed by atoms with van der Waals surface area (Å²) in [5.74, 6) is 0.0686. The SMILES string of the molecule is NC(=NCC(O)CS(=O)(=O)c1cccs1)N1CCCCCC1. The van der Waals surface area contributed by atoms with Crippen LogP contribution in [0.25, 0.3) is 0 Å². The predicted octanol–water partition coefficient (Wildman–Crippen LogP) is 1.07. The van der Waals surface area contributed by atoms with Crippen LogP contribution in [0.1, 0.15) is 25.7 Å². The molecule has 0 spiro atoms. The highest BCUT2D eigenvalue weighted by molar-refractivity contribution is 7.93. The number of hydrogen-bond donors (Lipinski definition) is 2. The molecule has 0 bridgehead atoms. The fraction of sp³-hybridized carbons (Fsp3) is 0.643. The monoisotopic (exact) mass is 345 g/mol. The fourth-order valence-corrected chi connectivity index (χ4v) is 4.90. The van der Waals surface area contributed by atoms with E-state index in [0.29, 0.717) is 5.96 Å². The van der Waals surface area contributed by atoms with Crippen LogP contribution in [0, 0.1) is 0 Å². The van der Waals surface area contributed by atoms with Crippen LogP contribution >= 0.6 is 11.3 Å². The van der Waals surface area contributed by atoms with Gasteiger partial charge in [0.2, 0.25) is 0 Å². The van der Waals surface area contributed by atoms with Gasteiger partial charge in [0.25, 0.3) is 0 Å². The van der Waals surface area contributed by atoms with Gasteiger partial charge in [-0.15, -0.1) is 11.3 Å². The number of hydrogen-bond acceptors (Lipinski definition) is 5. The molecule has 6 nitrogen and oxygen atoms in total. The van der Waals surface area contributed by atoms with Crippen LogP contribution < -0.4 is 5.73 Å². The van der Waals surface area contributed by atoms with Crippen molar-refractivity contribution in [3.8, 4) is 0 Å². The Morgan fingerprint density at radius 1 is 1.36 bits per heavy atom. The Balaban J connectivity index is 1.88. The van der Waals surface area contributed by atoms with Gasteiger partial charge in [0.1, 0.15) is 4.21 Å². The van der Waals surface area contributed by atoms with Gasteiger partial charge in [0, 0.05) is 13.1 Å². The molecule has 1 unspecified atom stereocenters. The Morgan fingerprint density at radius 2 is 2.05 bits per heavy atom. The van der Waals surface area contributed by atoms with Crippen LogP contribution in [-0.4, -0.2) is 55.9 Å². The van der Waals surface area contributed by atoms with Crippen LogP contribution in [0.5, 0.6) is 0 Å². The van der Waals surface area contributed by atoms with Gasteiger partial charge in [0.05, 0.1) is 18.4 Å². The molecule has 0 aromatic carbocycles. The summed E-state index contributed by atoms with van der Waals surface area (Å²) < 4.78 is 24.4. The van der Waals surface area contributed by atoms with Crippen LogP contribution in [0.15, 0.2) is 26.7 Å². The Hall–Kier alpha value is -1.12. The largest absolute Gasteiger partial charge is 0.390 e. The van der Waals surface area contributed by atoms with Crippen molar-refractivity contribution in [2.24, 2.45) is 10.7 Å². The van der Waals surface area contributed by atoms with E-state index in [2.05, 4.69) is 4.99 Å². The summed E-state index contributed by atoms with van der Waals surface area (Å²) in [5, 5.41) is 11.6. The van der Waals surface area contributed by atoms with Gasteiger partial charge in [-0.2, -0.15) is 0 Å². The molecular formula is C14H23N3O3S2. The minimum Gasteiger partial charge on any atom is -0.390 e. The predicted molar refractivity (Wildman–Crippen MR) is 88.9 cm³/mol. The first-order valence-electron chi connectivity index (χ1n) is 7.48. The lowest BCUT2D eigenvalue weighted by molar-refractivity contribution is 0.205. The van der Waals surface area contributed by atoms with Gasteiger partial charge >= 0.3 is 0 Å². The number of guanidine groups is 1. The number of sulfone groups is 1. The zero-order chi connectivity index (χ0) is 16.0. The number of likely N-dealkylation sites (tertiary alicyclic amines) is 1. The molecular weight excluding hydrogens is 322 g/mol. The molecule has 2 rings (SSSR count). The summed E-state index contributed by atoms with van der Waals surface area (Å²) in [4.78, 5) is 6.17. The average molecular weight is 345 g/mol. The molecule has 1 saturated heterocycles. The first-order valence-corrected chi connectivity index (χ1v) is 10.0. The lowest BCUT2D eigenvalue weighted by Crippen LogP contribution is -2.39. The number of aliphatic imine (C=N–C) groups is 1. The normalized spacial score (nSPS) is 19.0. The quantitative estimate of drug-likeness (QED) is 0.615. The maximum atomic E-state index is 12.1. The molecule has 1 aromatic heterocycles. The third kappa shape index (κ3) is 4.96. The van der Waals surface area contributed by atoms with E-state index in [4.69, 9.17) is 5.73 Å². The summed E-state index contributed by atoms with van der Waals surface area (Å²) in [6, 6.07) is 3.22. The Morgan fingerprint density at radius 3 is 2.64 bits per heavy atom. The second-order valence-electron chi connectivity index (χ2n) is 5.47. The van der Waals surface area contributed by atoms with Crippen LogP contribution in [-0.2, 0) is 9.84 Å². The van der Waals surface area contributed by atoms with Crippen molar-refractivity contribution in [2.75, 3.05) is 25.4 Å². The number of rotatable bonds is 5. The molecule has 3 N–H and O–H groups in total. The maximum absolute atomic E-state index is 12.1. The maximum Gasteiger partial charge on any atom is 0.191 e. The molecule has 0 aliphatic carbocycles. The number of nitrogens with zero attached hydrogens (tertiary/aromatic N) is 2. The topological polar surface area (TPSA) is 96.0 Å². The molecule has 8 heteroatoms. The summed E-state index contributed by atoms with van der Waals surface area (Å²) in [7, 11) is -3.45. The minimum atomic E-state index is -3.45. The number of nitrogens with two attached hydrogens (primary N) is 1. The molecule has 124 valence electrons. The van der Waals surface area contributed by atoms with Gasteiger partial charge in [0.15, 0.2) is 15.8 Å². The third-order valence-corrected chi connectivity index (χ3v) is 6.89. The van der Waals surface area contributed by atoms with E-state index < -0.39 is 15.9 Å². The molecule has 1 aromatic rings.